The van der Waals surface area contributed by atoms with Gasteiger partial charge in [0.25, 0.3) is 0 Å². The SMILES string of the molecule is OCCCCn1cnc2c(NCc3ccc(Cl)cc3)nc(Cl)nc21. The van der Waals surface area contributed by atoms with Crippen LogP contribution in [0, 0.1) is 0 Å². The number of halogens is 2. The molecule has 0 aliphatic carbocycles. The van der Waals surface area contributed by atoms with Crippen molar-refractivity contribution >= 4 is 40.2 Å². The molecule has 0 aliphatic heterocycles. The standard InChI is InChI=1S/C16H17Cl2N5O/c17-12-5-3-11(4-6-12)9-19-14-13-15(22-16(18)21-14)23(10-20-13)7-1-2-8-24/h3-6,10,24H,1-2,7-9H2,(H,19,21,22). The molecule has 2 heterocycles. The Morgan fingerprint density at radius 2 is 1.88 bits per heavy atom. The molecule has 0 unspecified atom stereocenters. The van der Waals surface area contributed by atoms with Crippen LogP contribution in [0.2, 0.25) is 10.3 Å². The van der Waals surface area contributed by atoms with Gasteiger partial charge < -0.3 is 15.0 Å². The van der Waals surface area contributed by atoms with Crippen molar-refractivity contribution in [3.8, 4) is 0 Å². The lowest BCUT2D eigenvalue weighted by atomic mass is 10.2. The topological polar surface area (TPSA) is 75.9 Å². The highest BCUT2D eigenvalue weighted by molar-refractivity contribution is 6.30. The normalized spacial score (nSPS) is 11.1. The van der Waals surface area contributed by atoms with E-state index in [0.717, 1.165) is 24.9 Å². The van der Waals surface area contributed by atoms with E-state index in [1.807, 2.05) is 28.8 Å². The maximum absolute atomic E-state index is 8.90. The zero-order valence-electron chi connectivity index (χ0n) is 12.9. The molecule has 126 valence electrons. The summed E-state index contributed by atoms with van der Waals surface area (Å²) in [6.07, 6.45) is 3.30. The molecular weight excluding hydrogens is 349 g/mol. The molecule has 1 aromatic carbocycles. The Labute approximate surface area is 149 Å². The Morgan fingerprint density at radius 1 is 1.08 bits per heavy atom. The van der Waals surface area contributed by atoms with Crippen molar-refractivity contribution in [1.29, 1.82) is 0 Å². The molecule has 0 saturated heterocycles. The summed E-state index contributed by atoms with van der Waals surface area (Å²) in [5.74, 6) is 0.598. The van der Waals surface area contributed by atoms with Crippen LogP contribution in [0.3, 0.4) is 0 Å². The van der Waals surface area contributed by atoms with Crippen LogP contribution in [0.4, 0.5) is 5.82 Å². The zero-order chi connectivity index (χ0) is 16.9. The molecular formula is C16H17Cl2N5O. The summed E-state index contributed by atoms with van der Waals surface area (Å²) >= 11 is 12.0. The molecule has 0 radical (unpaired) electrons. The van der Waals surface area contributed by atoms with Crippen molar-refractivity contribution in [2.24, 2.45) is 0 Å². The molecule has 6 nitrogen and oxygen atoms in total. The fourth-order valence-corrected chi connectivity index (χ4v) is 2.68. The molecule has 0 atom stereocenters. The van der Waals surface area contributed by atoms with Crippen LogP contribution < -0.4 is 5.32 Å². The smallest absolute Gasteiger partial charge is 0.226 e. The average molecular weight is 366 g/mol. The fourth-order valence-electron chi connectivity index (χ4n) is 2.39. The molecule has 2 N–H and O–H groups in total. The maximum atomic E-state index is 8.90. The minimum absolute atomic E-state index is 0.171. The zero-order valence-corrected chi connectivity index (χ0v) is 14.4. The lowest BCUT2D eigenvalue weighted by Crippen LogP contribution is -2.04. The van der Waals surface area contributed by atoms with E-state index in [9.17, 15) is 0 Å². The van der Waals surface area contributed by atoms with Gasteiger partial charge >= 0.3 is 0 Å². The molecule has 0 fully saturated rings. The number of anilines is 1. The van der Waals surface area contributed by atoms with Gasteiger partial charge in [0.1, 0.15) is 0 Å². The third-order valence-electron chi connectivity index (χ3n) is 3.62. The molecule has 0 amide bonds. The first-order valence-corrected chi connectivity index (χ1v) is 8.40. The summed E-state index contributed by atoms with van der Waals surface area (Å²) in [5.41, 5.74) is 2.44. The first-order valence-electron chi connectivity index (χ1n) is 7.65. The third kappa shape index (κ3) is 3.95. The number of aliphatic hydroxyl groups is 1. The molecule has 0 saturated carbocycles. The summed E-state index contributed by atoms with van der Waals surface area (Å²) < 4.78 is 1.92. The van der Waals surface area contributed by atoms with Crippen molar-refractivity contribution in [1.82, 2.24) is 19.5 Å². The summed E-state index contributed by atoms with van der Waals surface area (Å²) in [6.45, 7) is 1.48. The number of rotatable bonds is 7. The first-order chi connectivity index (χ1) is 11.7. The monoisotopic (exact) mass is 365 g/mol. The second-order valence-electron chi connectivity index (χ2n) is 5.36. The van der Waals surface area contributed by atoms with Gasteiger partial charge in [-0.15, -0.1) is 0 Å². The third-order valence-corrected chi connectivity index (χ3v) is 4.04. The predicted molar refractivity (Wildman–Crippen MR) is 95.4 cm³/mol. The number of hydrogen-bond donors (Lipinski definition) is 2. The number of benzene rings is 1. The van der Waals surface area contributed by atoms with Crippen LogP contribution >= 0.6 is 23.2 Å². The Morgan fingerprint density at radius 3 is 2.62 bits per heavy atom. The van der Waals surface area contributed by atoms with Crippen molar-refractivity contribution in [2.75, 3.05) is 11.9 Å². The van der Waals surface area contributed by atoms with E-state index in [1.165, 1.54) is 0 Å². The van der Waals surface area contributed by atoms with E-state index < -0.39 is 0 Å². The van der Waals surface area contributed by atoms with Gasteiger partial charge in [-0.05, 0) is 42.1 Å². The molecule has 0 bridgehead atoms. The second kappa shape index (κ2) is 7.79. The number of hydrogen-bond acceptors (Lipinski definition) is 5. The summed E-state index contributed by atoms with van der Waals surface area (Å²) in [4.78, 5) is 12.9. The van der Waals surface area contributed by atoms with Crippen molar-refractivity contribution in [2.45, 2.75) is 25.9 Å². The highest BCUT2D eigenvalue weighted by Gasteiger charge is 2.12. The fraction of sp³-hybridized carbons (Fsp3) is 0.312. The van der Waals surface area contributed by atoms with Gasteiger partial charge in [-0.3, -0.25) is 0 Å². The van der Waals surface area contributed by atoms with Gasteiger partial charge in [0.05, 0.1) is 6.33 Å². The van der Waals surface area contributed by atoms with Crippen LogP contribution in [0.15, 0.2) is 30.6 Å². The van der Waals surface area contributed by atoms with Gasteiger partial charge in [0.15, 0.2) is 17.0 Å². The molecule has 3 rings (SSSR count). The number of aryl methyl sites for hydroxylation is 1. The van der Waals surface area contributed by atoms with Crippen LogP contribution in [0.5, 0.6) is 0 Å². The van der Waals surface area contributed by atoms with Gasteiger partial charge in [-0.25, -0.2) is 4.98 Å². The van der Waals surface area contributed by atoms with E-state index >= 15 is 0 Å². The van der Waals surface area contributed by atoms with Gasteiger partial charge in [-0.2, -0.15) is 9.97 Å². The van der Waals surface area contributed by atoms with E-state index in [-0.39, 0.29) is 11.9 Å². The van der Waals surface area contributed by atoms with Gasteiger partial charge in [0, 0.05) is 24.7 Å². The number of nitrogens with zero attached hydrogens (tertiary/aromatic N) is 4. The average Bonchev–Trinajstić information content (AvgIpc) is 2.97. The molecule has 24 heavy (non-hydrogen) atoms. The number of unbranched alkanes of at least 4 members (excludes halogenated alkanes) is 1. The Bertz CT molecular complexity index is 819. The summed E-state index contributed by atoms with van der Waals surface area (Å²) in [5, 5.41) is 13.0. The number of aromatic nitrogens is 4. The number of aliphatic hydroxyl groups excluding tert-OH is 1. The molecule has 0 spiro atoms. The highest BCUT2D eigenvalue weighted by atomic mass is 35.5. The van der Waals surface area contributed by atoms with Crippen molar-refractivity contribution in [3.63, 3.8) is 0 Å². The van der Waals surface area contributed by atoms with Crippen molar-refractivity contribution in [3.05, 3.63) is 46.5 Å². The molecule has 8 heteroatoms. The van der Waals surface area contributed by atoms with Gasteiger partial charge in [0.2, 0.25) is 5.28 Å². The van der Waals surface area contributed by atoms with Crippen LogP contribution in [-0.2, 0) is 13.1 Å². The molecule has 2 aromatic heterocycles. The number of nitrogens with one attached hydrogen (secondary N) is 1. The van der Waals surface area contributed by atoms with E-state index in [4.69, 9.17) is 28.3 Å². The Hall–Kier alpha value is -1.89. The minimum Gasteiger partial charge on any atom is -0.396 e. The van der Waals surface area contributed by atoms with E-state index in [0.29, 0.717) is 28.5 Å². The first kappa shape index (κ1) is 17.0. The molecule has 0 aliphatic rings. The summed E-state index contributed by atoms with van der Waals surface area (Å²) in [6, 6.07) is 7.58. The minimum atomic E-state index is 0.171. The van der Waals surface area contributed by atoms with E-state index in [2.05, 4.69) is 20.3 Å². The lowest BCUT2D eigenvalue weighted by molar-refractivity contribution is 0.281. The van der Waals surface area contributed by atoms with Crippen LogP contribution in [0.1, 0.15) is 18.4 Å². The quantitative estimate of drug-likeness (QED) is 0.494. The Kier molecular flexibility index (Phi) is 5.50. The number of imidazole rings is 1. The predicted octanol–water partition coefficient (Wildman–Crippen LogP) is 3.52. The largest absolute Gasteiger partial charge is 0.396 e. The number of fused-ring (bicyclic) bond motifs is 1. The second-order valence-corrected chi connectivity index (χ2v) is 6.14. The Balaban J connectivity index is 1.81. The van der Waals surface area contributed by atoms with Crippen LogP contribution in [-0.4, -0.2) is 31.2 Å². The van der Waals surface area contributed by atoms with Gasteiger partial charge in [-0.1, -0.05) is 23.7 Å². The molecule has 3 aromatic rings. The maximum Gasteiger partial charge on any atom is 0.226 e. The lowest BCUT2D eigenvalue weighted by Gasteiger charge is -2.08. The van der Waals surface area contributed by atoms with Crippen molar-refractivity contribution < 1.29 is 5.11 Å². The highest BCUT2D eigenvalue weighted by Crippen LogP contribution is 2.22. The summed E-state index contributed by atoms with van der Waals surface area (Å²) in [7, 11) is 0. The van der Waals surface area contributed by atoms with Crippen LogP contribution in [0.25, 0.3) is 11.2 Å². The van der Waals surface area contributed by atoms with E-state index in [1.54, 1.807) is 6.33 Å².